The zero-order chi connectivity index (χ0) is 9.35. The molecule has 0 radical (unpaired) electrons. The molecule has 3 N–H and O–H groups in total. The summed E-state index contributed by atoms with van der Waals surface area (Å²) in [6.45, 7) is 3.35. The highest BCUT2D eigenvalue weighted by Crippen LogP contribution is 2.28. The number of hydrogen-bond donors (Lipinski definition) is 3. The van der Waals surface area contributed by atoms with Crippen molar-refractivity contribution >= 4 is 0 Å². The fourth-order valence-electron chi connectivity index (χ4n) is 1.42. The lowest BCUT2D eigenvalue weighted by Crippen LogP contribution is -2.47. The van der Waals surface area contributed by atoms with Gasteiger partial charge in [0.2, 0.25) is 0 Å². The molecule has 1 aliphatic heterocycles. The first-order valence-corrected chi connectivity index (χ1v) is 4.14. The van der Waals surface area contributed by atoms with Gasteiger partial charge in [0.25, 0.3) is 0 Å². The molecule has 1 fully saturated rings. The van der Waals surface area contributed by atoms with Gasteiger partial charge in [-0.05, 0) is 5.92 Å². The minimum atomic E-state index is -1.46. The van der Waals surface area contributed by atoms with E-state index in [1.165, 1.54) is 0 Å². The van der Waals surface area contributed by atoms with Crippen molar-refractivity contribution in [2.75, 3.05) is 13.2 Å². The lowest BCUT2D eigenvalue weighted by atomic mass is 9.92. The van der Waals surface area contributed by atoms with E-state index >= 15 is 0 Å². The summed E-state index contributed by atoms with van der Waals surface area (Å²) in [7, 11) is 0. The summed E-state index contributed by atoms with van der Waals surface area (Å²) >= 11 is 0. The first kappa shape index (κ1) is 9.92. The number of ether oxygens (including phenoxy) is 1. The van der Waals surface area contributed by atoms with Gasteiger partial charge in [0.15, 0.2) is 0 Å². The minimum Gasteiger partial charge on any atom is -0.393 e. The van der Waals surface area contributed by atoms with Crippen LogP contribution in [0.15, 0.2) is 0 Å². The molecule has 0 spiro atoms. The Morgan fingerprint density at radius 2 is 2.17 bits per heavy atom. The number of rotatable bonds is 2. The third kappa shape index (κ3) is 1.47. The molecule has 0 aromatic rings. The molecule has 4 nitrogen and oxygen atoms in total. The van der Waals surface area contributed by atoms with Crippen LogP contribution in [0.25, 0.3) is 0 Å². The van der Waals surface area contributed by atoms with Gasteiger partial charge in [-0.1, -0.05) is 13.8 Å². The SMILES string of the molecule is CC(C)C1OC[C@](O)(CO)[C@H]1O. The largest absolute Gasteiger partial charge is 0.393 e. The van der Waals surface area contributed by atoms with E-state index in [4.69, 9.17) is 9.84 Å². The third-order valence-electron chi connectivity index (χ3n) is 2.32. The van der Waals surface area contributed by atoms with Crippen molar-refractivity contribution in [1.29, 1.82) is 0 Å². The predicted octanol–water partition coefficient (Wildman–Crippen LogP) is -0.875. The lowest BCUT2D eigenvalue weighted by Gasteiger charge is -2.25. The topological polar surface area (TPSA) is 69.9 Å². The highest BCUT2D eigenvalue weighted by Gasteiger charge is 2.48. The molecule has 0 aliphatic carbocycles. The first-order chi connectivity index (χ1) is 5.51. The highest BCUT2D eigenvalue weighted by atomic mass is 16.5. The molecule has 1 heterocycles. The summed E-state index contributed by atoms with van der Waals surface area (Å²) in [5.74, 6) is 0.139. The van der Waals surface area contributed by atoms with Crippen molar-refractivity contribution in [2.45, 2.75) is 31.7 Å². The maximum absolute atomic E-state index is 9.56. The van der Waals surface area contributed by atoms with Crippen molar-refractivity contribution in [3.05, 3.63) is 0 Å². The Morgan fingerprint density at radius 3 is 2.42 bits per heavy atom. The molecule has 1 rings (SSSR count). The fourth-order valence-corrected chi connectivity index (χ4v) is 1.42. The molecule has 12 heavy (non-hydrogen) atoms. The van der Waals surface area contributed by atoms with Gasteiger partial charge in [-0.25, -0.2) is 0 Å². The first-order valence-electron chi connectivity index (χ1n) is 4.14. The van der Waals surface area contributed by atoms with Gasteiger partial charge in [-0.3, -0.25) is 0 Å². The average molecular weight is 176 g/mol. The van der Waals surface area contributed by atoms with Crippen molar-refractivity contribution in [3.63, 3.8) is 0 Å². The number of aliphatic hydroxyl groups excluding tert-OH is 2. The van der Waals surface area contributed by atoms with Crippen LogP contribution in [0.2, 0.25) is 0 Å². The van der Waals surface area contributed by atoms with Crippen LogP contribution in [0.5, 0.6) is 0 Å². The minimum absolute atomic E-state index is 0.00745. The Labute approximate surface area is 71.8 Å². The van der Waals surface area contributed by atoms with E-state index in [-0.39, 0.29) is 18.6 Å². The van der Waals surface area contributed by atoms with Crippen LogP contribution in [0, 0.1) is 5.92 Å². The van der Waals surface area contributed by atoms with Crippen molar-refractivity contribution in [3.8, 4) is 0 Å². The second-order valence-electron chi connectivity index (χ2n) is 3.73. The van der Waals surface area contributed by atoms with Crippen LogP contribution < -0.4 is 0 Å². The molecule has 1 unspecified atom stereocenters. The van der Waals surface area contributed by atoms with Crippen LogP contribution in [0.3, 0.4) is 0 Å². The maximum atomic E-state index is 9.56. The summed E-state index contributed by atoms with van der Waals surface area (Å²) in [5, 5.41) is 27.9. The van der Waals surface area contributed by atoms with E-state index in [1.54, 1.807) is 0 Å². The Kier molecular flexibility index (Phi) is 2.73. The normalized spacial score (nSPS) is 42.5. The standard InChI is InChI=1S/C8H16O4/c1-5(2)6-7(10)8(11,3-9)4-12-6/h5-7,9-11H,3-4H2,1-2H3/t6?,7-,8+/m0/s1. The molecule has 1 saturated heterocycles. The number of aliphatic hydroxyl groups is 3. The van der Waals surface area contributed by atoms with E-state index in [0.29, 0.717) is 0 Å². The molecule has 0 bridgehead atoms. The van der Waals surface area contributed by atoms with Gasteiger partial charge < -0.3 is 20.1 Å². The van der Waals surface area contributed by atoms with E-state index in [2.05, 4.69) is 0 Å². The van der Waals surface area contributed by atoms with E-state index in [0.717, 1.165) is 0 Å². The van der Waals surface area contributed by atoms with Crippen LogP contribution in [0.4, 0.5) is 0 Å². The van der Waals surface area contributed by atoms with Gasteiger partial charge in [-0.2, -0.15) is 0 Å². The summed E-state index contributed by atoms with van der Waals surface area (Å²) in [6, 6.07) is 0. The van der Waals surface area contributed by atoms with Gasteiger partial charge in [-0.15, -0.1) is 0 Å². The van der Waals surface area contributed by atoms with Crippen molar-refractivity contribution in [1.82, 2.24) is 0 Å². The molecule has 0 aromatic carbocycles. The number of hydrogen-bond acceptors (Lipinski definition) is 4. The van der Waals surface area contributed by atoms with Crippen LogP contribution in [0.1, 0.15) is 13.8 Å². The highest BCUT2D eigenvalue weighted by molar-refractivity contribution is 4.97. The Hall–Kier alpha value is -0.160. The monoisotopic (exact) mass is 176 g/mol. The van der Waals surface area contributed by atoms with Gasteiger partial charge in [0, 0.05) is 0 Å². The molecule has 0 saturated carbocycles. The third-order valence-corrected chi connectivity index (χ3v) is 2.32. The smallest absolute Gasteiger partial charge is 0.139 e. The van der Waals surface area contributed by atoms with Crippen LogP contribution in [-0.4, -0.2) is 46.3 Å². The summed E-state index contributed by atoms with van der Waals surface area (Å²) in [6.07, 6.45) is -1.36. The Bertz CT molecular complexity index is 159. The van der Waals surface area contributed by atoms with Crippen molar-refractivity contribution in [2.24, 2.45) is 5.92 Å². The molecule has 3 atom stereocenters. The Morgan fingerprint density at radius 1 is 1.58 bits per heavy atom. The van der Waals surface area contributed by atoms with Gasteiger partial charge in [0.1, 0.15) is 11.7 Å². The molecule has 4 heteroatoms. The van der Waals surface area contributed by atoms with E-state index < -0.39 is 18.3 Å². The van der Waals surface area contributed by atoms with Crippen molar-refractivity contribution < 1.29 is 20.1 Å². The quantitative estimate of drug-likeness (QED) is 0.511. The Balaban J connectivity index is 2.66. The molecular formula is C8H16O4. The molecule has 72 valence electrons. The van der Waals surface area contributed by atoms with E-state index in [1.807, 2.05) is 13.8 Å². The van der Waals surface area contributed by atoms with E-state index in [9.17, 15) is 10.2 Å². The second-order valence-corrected chi connectivity index (χ2v) is 3.73. The maximum Gasteiger partial charge on any atom is 0.139 e. The molecule has 0 amide bonds. The summed E-state index contributed by atoms with van der Waals surface area (Å²) in [5.41, 5.74) is -1.46. The fraction of sp³-hybridized carbons (Fsp3) is 1.00. The summed E-state index contributed by atoms with van der Waals surface area (Å²) < 4.78 is 5.17. The average Bonchev–Trinajstić information content (AvgIpc) is 2.30. The van der Waals surface area contributed by atoms with Gasteiger partial charge >= 0.3 is 0 Å². The predicted molar refractivity (Wildman–Crippen MR) is 42.6 cm³/mol. The zero-order valence-corrected chi connectivity index (χ0v) is 7.40. The molecule has 1 aliphatic rings. The van der Waals surface area contributed by atoms with Crippen LogP contribution >= 0.6 is 0 Å². The molecule has 0 aromatic heterocycles. The zero-order valence-electron chi connectivity index (χ0n) is 7.40. The molecular weight excluding hydrogens is 160 g/mol. The lowest BCUT2D eigenvalue weighted by molar-refractivity contribution is -0.0841. The summed E-state index contributed by atoms with van der Waals surface area (Å²) in [4.78, 5) is 0. The second kappa shape index (κ2) is 3.30. The van der Waals surface area contributed by atoms with Gasteiger partial charge in [0.05, 0.1) is 19.3 Å². The van der Waals surface area contributed by atoms with Crippen LogP contribution in [-0.2, 0) is 4.74 Å².